The summed E-state index contributed by atoms with van der Waals surface area (Å²) in [4.78, 5) is 15.8. The van der Waals surface area contributed by atoms with E-state index < -0.39 is 18.6 Å². The lowest BCUT2D eigenvalue weighted by Gasteiger charge is -2.16. The maximum Gasteiger partial charge on any atom is 0.387 e. The second kappa shape index (κ2) is 7.85. The van der Waals surface area contributed by atoms with Gasteiger partial charge in [0.25, 0.3) is 5.91 Å². The molecule has 0 saturated carbocycles. The molecule has 2 aromatic rings. The number of alkyl halides is 2. The molecule has 0 spiro atoms. The van der Waals surface area contributed by atoms with Gasteiger partial charge >= 0.3 is 6.61 Å². The number of pyridine rings is 1. The molecular weight excluding hydrogens is 330 g/mol. The number of aliphatic hydroxyl groups is 1. The van der Waals surface area contributed by atoms with Crippen LogP contribution in [0.5, 0.6) is 5.75 Å². The third kappa shape index (κ3) is 4.87. The monoisotopic (exact) mass is 342 g/mol. The highest BCUT2D eigenvalue weighted by Gasteiger charge is 2.16. The van der Waals surface area contributed by atoms with E-state index in [-0.39, 0.29) is 18.1 Å². The van der Waals surface area contributed by atoms with Gasteiger partial charge in [0, 0.05) is 5.02 Å². The van der Waals surface area contributed by atoms with E-state index in [1.807, 2.05) is 0 Å². The Hall–Kier alpha value is -2.25. The highest BCUT2D eigenvalue weighted by atomic mass is 35.5. The average molecular weight is 343 g/mol. The number of amides is 1. The van der Waals surface area contributed by atoms with Crippen LogP contribution in [0.2, 0.25) is 5.02 Å². The van der Waals surface area contributed by atoms with Crippen molar-refractivity contribution >= 4 is 17.5 Å². The van der Waals surface area contributed by atoms with Crippen LogP contribution in [-0.2, 0) is 0 Å². The molecule has 1 atom stereocenters. The number of benzene rings is 1. The molecule has 2 rings (SSSR count). The van der Waals surface area contributed by atoms with Crippen LogP contribution in [0.4, 0.5) is 8.78 Å². The lowest BCUT2D eigenvalue weighted by Crippen LogP contribution is -2.31. The molecule has 0 saturated heterocycles. The quantitative estimate of drug-likeness (QED) is 0.846. The number of halogens is 3. The van der Waals surface area contributed by atoms with Gasteiger partial charge in [0.05, 0.1) is 18.8 Å². The zero-order chi connectivity index (χ0) is 16.8. The van der Waals surface area contributed by atoms with E-state index in [4.69, 9.17) is 11.6 Å². The van der Waals surface area contributed by atoms with E-state index in [1.54, 1.807) is 24.3 Å². The van der Waals surface area contributed by atoms with E-state index in [2.05, 4.69) is 15.0 Å². The standard InChI is InChI=1S/C15H13ClF2N2O3/c16-10-3-1-9(2-4-10)13(8-21)20-14(22)12-6-5-11(7-19-12)23-15(17)18/h1-7,13,15,21H,8H2,(H,20,22)/t13-/m0/s1. The number of hydrogen-bond acceptors (Lipinski definition) is 4. The second-order valence-corrected chi connectivity index (χ2v) is 4.95. The fraction of sp³-hybridized carbons (Fsp3) is 0.200. The number of aromatic nitrogens is 1. The van der Waals surface area contributed by atoms with Crippen molar-refractivity contribution in [3.63, 3.8) is 0 Å². The van der Waals surface area contributed by atoms with Gasteiger partial charge < -0.3 is 15.2 Å². The first-order valence-electron chi connectivity index (χ1n) is 6.57. The van der Waals surface area contributed by atoms with Gasteiger partial charge in [-0.3, -0.25) is 4.79 Å². The Labute approximate surface area is 135 Å². The molecular formula is C15H13ClF2N2O3. The maximum atomic E-state index is 12.1. The van der Waals surface area contributed by atoms with E-state index >= 15 is 0 Å². The minimum atomic E-state index is -2.96. The molecule has 1 heterocycles. The van der Waals surface area contributed by atoms with Gasteiger partial charge in [-0.15, -0.1) is 0 Å². The van der Waals surface area contributed by atoms with Crippen molar-refractivity contribution < 1.29 is 23.4 Å². The van der Waals surface area contributed by atoms with Crippen molar-refractivity contribution in [2.24, 2.45) is 0 Å². The first kappa shape index (κ1) is 17.1. The third-order valence-electron chi connectivity index (χ3n) is 2.95. The van der Waals surface area contributed by atoms with Gasteiger partial charge in [0.1, 0.15) is 11.4 Å². The fourth-order valence-corrected chi connectivity index (χ4v) is 1.97. The van der Waals surface area contributed by atoms with Crippen molar-refractivity contribution in [2.75, 3.05) is 6.61 Å². The van der Waals surface area contributed by atoms with Gasteiger partial charge in [-0.25, -0.2) is 4.98 Å². The average Bonchev–Trinajstić information content (AvgIpc) is 2.53. The molecule has 23 heavy (non-hydrogen) atoms. The Kier molecular flexibility index (Phi) is 5.84. The molecule has 1 aromatic carbocycles. The Morgan fingerprint density at radius 1 is 1.26 bits per heavy atom. The normalized spacial score (nSPS) is 12.0. The molecule has 0 radical (unpaired) electrons. The summed E-state index contributed by atoms with van der Waals surface area (Å²) in [5.41, 5.74) is 0.682. The number of hydrogen-bond donors (Lipinski definition) is 2. The zero-order valence-electron chi connectivity index (χ0n) is 11.7. The second-order valence-electron chi connectivity index (χ2n) is 4.52. The summed E-state index contributed by atoms with van der Waals surface area (Å²) in [6.45, 7) is -3.28. The van der Waals surface area contributed by atoms with Gasteiger partial charge in [0.2, 0.25) is 0 Å². The molecule has 5 nitrogen and oxygen atoms in total. The molecule has 1 aromatic heterocycles. The molecule has 0 aliphatic rings. The van der Waals surface area contributed by atoms with Crippen LogP contribution < -0.4 is 10.1 Å². The minimum Gasteiger partial charge on any atom is -0.433 e. The van der Waals surface area contributed by atoms with Gasteiger partial charge in [-0.1, -0.05) is 23.7 Å². The van der Waals surface area contributed by atoms with Crippen molar-refractivity contribution in [1.82, 2.24) is 10.3 Å². The van der Waals surface area contributed by atoms with Gasteiger partial charge in [-0.2, -0.15) is 8.78 Å². The molecule has 0 aliphatic carbocycles. The largest absolute Gasteiger partial charge is 0.433 e. The molecule has 0 fully saturated rings. The number of nitrogens with one attached hydrogen (secondary N) is 1. The molecule has 2 N–H and O–H groups in total. The zero-order valence-corrected chi connectivity index (χ0v) is 12.5. The summed E-state index contributed by atoms with van der Waals surface area (Å²) in [6, 6.07) is 8.46. The number of aliphatic hydroxyl groups excluding tert-OH is 1. The Bertz CT molecular complexity index is 651. The number of carbonyl (C=O) groups excluding carboxylic acids is 1. The summed E-state index contributed by atoms with van der Waals surface area (Å²) in [5, 5.41) is 12.5. The lowest BCUT2D eigenvalue weighted by atomic mass is 10.1. The highest BCUT2D eigenvalue weighted by molar-refractivity contribution is 6.30. The summed E-state index contributed by atoms with van der Waals surface area (Å²) >= 11 is 5.79. The highest BCUT2D eigenvalue weighted by Crippen LogP contribution is 2.17. The minimum absolute atomic E-state index is 0.0130. The SMILES string of the molecule is O=C(N[C@@H](CO)c1ccc(Cl)cc1)c1ccc(OC(F)F)cn1. The van der Waals surface area contributed by atoms with Gasteiger partial charge in [-0.05, 0) is 29.8 Å². The van der Waals surface area contributed by atoms with E-state index in [1.165, 1.54) is 12.1 Å². The summed E-state index contributed by atoms with van der Waals surface area (Å²) in [6.07, 6.45) is 1.03. The third-order valence-corrected chi connectivity index (χ3v) is 3.21. The lowest BCUT2D eigenvalue weighted by molar-refractivity contribution is -0.0500. The first-order valence-corrected chi connectivity index (χ1v) is 6.95. The van der Waals surface area contributed by atoms with Crippen LogP contribution in [0.1, 0.15) is 22.1 Å². The van der Waals surface area contributed by atoms with E-state index in [0.29, 0.717) is 10.6 Å². The summed E-state index contributed by atoms with van der Waals surface area (Å²) in [5.74, 6) is -0.699. The van der Waals surface area contributed by atoms with Gasteiger partial charge in [0.15, 0.2) is 0 Å². The number of nitrogens with zero attached hydrogens (tertiary/aromatic N) is 1. The maximum absolute atomic E-state index is 12.1. The number of ether oxygens (including phenoxy) is 1. The van der Waals surface area contributed by atoms with Crippen molar-refractivity contribution in [3.05, 3.63) is 58.9 Å². The number of rotatable bonds is 6. The van der Waals surface area contributed by atoms with Crippen LogP contribution in [0.25, 0.3) is 0 Å². The first-order chi connectivity index (χ1) is 11.0. The molecule has 0 unspecified atom stereocenters. The smallest absolute Gasteiger partial charge is 0.387 e. The van der Waals surface area contributed by atoms with Crippen LogP contribution in [0.3, 0.4) is 0 Å². The molecule has 1 amide bonds. The van der Waals surface area contributed by atoms with E-state index in [0.717, 1.165) is 6.20 Å². The van der Waals surface area contributed by atoms with Crippen molar-refractivity contribution in [3.8, 4) is 5.75 Å². The van der Waals surface area contributed by atoms with Crippen molar-refractivity contribution in [1.29, 1.82) is 0 Å². The van der Waals surface area contributed by atoms with Crippen LogP contribution in [0, 0.1) is 0 Å². The van der Waals surface area contributed by atoms with Crippen LogP contribution >= 0.6 is 11.6 Å². The predicted octanol–water partition coefficient (Wildman–Crippen LogP) is 2.80. The Morgan fingerprint density at radius 3 is 2.48 bits per heavy atom. The predicted molar refractivity (Wildman–Crippen MR) is 79.6 cm³/mol. The molecule has 0 aliphatic heterocycles. The van der Waals surface area contributed by atoms with E-state index in [9.17, 15) is 18.7 Å². The van der Waals surface area contributed by atoms with Crippen molar-refractivity contribution in [2.45, 2.75) is 12.7 Å². The number of carbonyl (C=O) groups is 1. The topological polar surface area (TPSA) is 71.5 Å². The Balaban J connectivity index is 2.05. The molecule has 8 heteroatoms. The summed E-state index contributed by atoms with van der Waals surface area (Å²) < 4.78 is 28.2. The summed E-state index contributed by atoms with van der Waals surface area (Å²) in [7, 11) is 0. The molecule has 122 valence electrons. The van der Waals surface area contributed by atoms with Crippen LogP contribution in [-0.4, -0.2) is 29.2 Å². The molecule has 0 bridgehead atoms. The Morgan fingerprint density at radius 2 is 1.96 bits per heavy atom. The fourth-order valence-electron chi connectivity index (χ4n) is 1.85. The van der Waals surface area contributed by atoms with Crippen LogP contribution in [0.15, 0.2) is 42.6 Å².